The van der Waals surface area contributed by atoms with Crippen LogP contribution in [0.15, 0.2) is 70.2 Å². The van der Waals surface area contributed by atoms with Crippen LogP contribution in [0, 0.1) is 15.9 Å². The quantitative estimate of drug-likeness (QED) is 0.222. The third kappa shape index (κ3) is 6.85. The molecule has 0 spiro atoms. The Morgan fingerprint density at radius 1 is 1.18 bits per heavy atom. The Morgan fingerprint density at radius 2 is 1.91 bits per heavy atom. The van der Waals surface area contributed by atoms with Gasteiger partial charge in [-0.1, -0.05) is 30.3 Å². The van der Waals surface area contributed by atoms with Crippen molar-refractivity contribution in [2.24, 2.45) is 5.10 Å². The highest BCUT2D eigenvalue weighted by Gasteiger charge is 2.15. The maximum atomic E-state index is 13.1. The van der Waals surface area contributed by atoms with Crippen molar-refractivity contribution in [2.75, 3.05) is 6.61 Å². The SMILES string of the molecule is CCOc1cc(/C=N/NC(=O)Cc2ccccc2[N+](=O)[O-])cc(Br)c1OCc1ccc(F)cc1. The second-order valence-electron chi connectivity index (χ2n) is 7.03. The molecule has 8 nitrogen and oxygen atoms in total. The van der Waals surface area contributed by atoms with E-state index in [4.69, 9.17) is 9.47 Å². The van der Waals surface area contributed by atoms with Gasteiger partial charge in [-0.25, -0.2) is 9.82 Å². The molecule has 1 N–H and O–H groups in total. The first-order valence-electron chi connectivity index (χ1n) is 10.2. The first-order chi connectivity index (χ1) is 16.4. The van der Waals surface area contributed by atoms with Crippen LogP contribution in [0.25, 0.3) is 0 Å². The number of halogens is 2. The number of nitrogens with one attached hydrogen (secondary N) is 1. The molecule has 0 saturated heterocycles. The van der Waals surface area contributed by atoms with Crippen LogP contribution in [0.1, 0.15) is 23.6 Å². The van der Waals surface area contributed by atoms with Crippen LogP contribution in [0.4, 0.5) is 10.1 Å². The zero-order chi connectivity index (χ0) is 24.5. The lowest BCUT2D eigenvalue weighted by Crippen LogP contribution is -2.20. The van der Waals surface area contributed by atoms with Crippen LogP contribution in [0.2, 0.25) is 0 Å². The van der Waals surface area contributed by atoms with E-state index in [-0.39, 0.29) is 24.5 Å². The summed E-state index contributed by atoms with van der Waals surface area (Å²) in [4.78, 5) is 22.7. The fourth-order valence-corrected chi connectivity index (χ4v) is 3.61. The van der Waals surface area contributed by atoms with Crippen molar-refractivity contribution in [3.8, 4) is 11.5 Å². The van der Waals surface area contributed by atoms with Gasteiger partial charge in [-0.2, -0.15) is 5.10 Å². The number of hydrogen-bond acceptors (Lipinski definition) is 6. The molecule has 0 aliphatic rings. The van der Waals surface area contributed by atoms with Crippen molar-refractivity contribution < 1.29 is 23.6 Å². The van der Waals surface area contributed by atoms with Gasteiger partial charge in [0.15, 0.2) is 11.5 Å². The zero-order valence-electron chi connectivity index (χ0n) is 18.2. The third-order valence-corrected chi connectivity index (χ3v) is 5.16. The monoisotopic (exact) mass is 529 g/mol. The molecule has 3 rings (SSSR count). The van der Waals surface area contributed by atoms with E-state index >= 15 is 0 Å². The molecule has 0 fully saturated rings. The molecule has 34 heavy (non-hydrogen) atoms. The lowest BCUT2D eigenvalue weighted by Gasteiger charge is -2.14. The first kappa shape index (κ1) is 24.8. The van der Waals surface area contributed by atoms with Gasteiger partial charge >= 0.3 is 0 Å². The minimum Gasteiger partial charge on any atom is -0.490 e. The Balaban J connectivity index is 1.67. The molecule has 0 atom stereocenters. The van der Waals surface area contributed by atoms with Crippen molar-refractivity contribution in [1.82, 2.24) is 5.43 Å². The molecule has 0 bridgehead atoms. The van der Waals surface area contributed by atoms with E-state index < -0.39 is 10.8 Å². The smallest absolute Gasteiger partial charge is 0.273 e. The Bertz CT molecular complexity index is 1200. The van der Waals surface area contributed by atoms with Crippen molar-refractivity contribution in [1.29, 1.82) is 0 Å². The van der Waals surface area contributed by atoms with Gasteiger partial charge < -0.3 is 9.47 Å². The molecule has 3 aromatic rings. The molecular formula is C24H21BrFN3O5. The minimum absolute atomic E-state index is 0.122. The maximum absolute atomic E-state index is 13.1. The Morgan fingerprint density at radius 3 is 2.62 bits per heavy atom. The van der Waals surface area contributed by atoms with Crippen LogP contribution in [0.5, 0.6) is 11.5 Å². The highest BCUT2D eigenvalue weighted by molar-refractivity contribution is 9.10. The number of carbonyl (C=O) groups is 1. The predicted molar refractivity (Wildman–Crippen MR) is 129 cm³/mol. The number of carbonyl (C=O) groups excluding carboxylic acids is 1. The molecule has 0 aromatic heterocycles. The maximum Gasteiger partial charge on any atom is 0.273 e. The molecule has 0 aliphatic carbocycles. The number of amides is 1. The van der Waals surface area contributed by atoms with Gasteiger partial charge in [0.2, 0.25) is 5.91 Å². The topological polar surface area (TPSA) is 103 Å². The highest BCUT2D eigenvalue weighted by Crippen LogP contribution is 2.37. The lowest BCUT2D eigenvalue weighted by atomic mass is 10.1. The Labute approximate surface area is 203 Å². The average molecular weight is 530 g/mol. The minimum atomic E-state index is -0.529. The molecule has 0 unspecified atom stereocenters. The average Bonchev–Trinajstić information content (AvgIpc) is 2.80. The van der Waals surface area contributed by atoms with Gasteiger partial charge in [0.25, 0.3) is 5.69 Å². The molecule has 10 heteroatoms. The van der Waals surface area contributed by atoms with E-state index in [1.807, 2.05) is 6.92 Å². The summed E-state index contributed by atoms with van der Waals surface area (Å²) in [5.74, 6) is 0.127. The van der Waals surface area contributed by atoms with Crippen LogP contribution >= 0.6 is 15.9 Å². The molecule has 0 saturated carbocycles. The fraction of sp³-hybridized carbons (Fsp3) is 0.167. The number of nitrogens with zero attached hydrogens (tertiary/aromatic N) is 2. The number of benzene rings is 3. The first-order valence-corrected chi connectivity index (χ1v) is 11.0. The number of hydrazone groups is 1. The van der Waals surface area contributed by atoms with E-state index in [1.54, 1.807) is 36.4 Å². The number of hydrogen-bond donors (Lipinski definition) is 1. The highest BCUT2D eigenvalue weighted by atomic mass is 79.9. The molecular weight excluding hydrogens is 509 g/mol. The molecule has 0 aliphatic heterocycles. The Kier molecular flexibility index (Phi) is 8.69. The zero-order valence-corrected chi connectivity index (χ0v) is 19.7. The van der Waals surface area contributed by atoms with Gasteiger partial charge in [-0.3, -0.25) is 14.9 Å². The molecule has 0 heterocycles. The van der Waals surface area contributed by atoms with E-state index in [1.165, 1.54) is 30.5 Å². The van der Waals surface area contributed by atoms with E-state index in [9.17, 15) is 19.3 Å². The van der Waals surface area contributed by atoms with Gasteiger partial charge in [0, 0.05) is 11.6 Å². The number of ether oxygens (including phenoxy) is 2. The third-order valence-electron chi connectivity index (χ3n) is 4.57. The largest absolute Gasteiger partial charge is 0.490 e. The lowest BCUT2D eigenvalue weighted by molar-refractivity contribution is -0.385. The van der Waals surface area contributed by atoms with Crippen molar-refractivity contribution >= 4 is 33.7 Å². The Hall–Kier alpha value is -3.79. The molecule has 176 valence electrons. The number of para-hydroxylation sites is 1. The van der Waals surface area contributed by atoms with Gasteiger partial charge in [0.05, 0.1) is 28.6 Å². The van der Waals surface area contributed by atoms with E-state index in [2.05, 4.69) is 26.5 Å². The second kappa shape index (κ2) is 11.9. The van der Waals surface area contributed by atoms with Crippen molar-refractivity contribution in [3.63, 3.8) is 0 Å². The van der Waals surface area contributed by atoms with Crippen LogP contribution in [-0.2, 0) is 17.8 Å². The number of rotatable bonds is 10. The van der Waals surface area contributed by atoms with E-state index in [0.717, 1.165) is 5.56 Å². The summed E-state index contributed by atoms with van der Waals surface area (Å²) in [6.07, 6.45) is 1.24. The number of nitro benzene ring substituents is 1. The molecule has 3 aromatic carbocycles. The van der Waals surface area contributed by atoms with Crippen molar-refractivity contribution in [2.45, 2.75) is 20.0 Å². The number of nitro groups is 1. The summed E-state index contributed by atoms with van der Waals surface area (Å²) >= 11 is 3.46. The van der Waals surface area contributed by atoms with E-state index in [0.29, 0.717) is 33.7 Å². The summed E-state index contributed by atoms with van der Waals surface area (Å²) in [6.45, 7) is 2.45. The summed E-state index contributed by atoms with van der Waals surface area (Å²) < 4.78 is 25.3. The molecule has 1 amide bonds. The van der Waals surface area contributed by atoms with Gasteiger partial charge in [-0.15, -0.1) is 0 Å². The molecule has 0 radical (unpaired) electrons. The second-order valence-corrected chi connectivity index (χ2v) is 7.89. The summed E-state index contributed by atoms with van der Waals surface area (Å²) in [6, 6.07) is 15.5. The predicted octanol–water partition coefficient (Wildman–Crippen LogP) is 5.17. The van der Waals surface area contributed by atoms with Crippen LogP contribution in [0.3, 0.4) is 0 Å². The summed E-state index contributed by atoms with van der Waals surface area (Å²) in [5.41, 5.74) is 3.96. The van der Waals surface area contributed by atoms with Crippen LogP contribution < -0.4 is 14.9 Å². The van der Waals surface area contributed by atoms with Gasteiger partial charge in [-0.05, 0) is 58.2 Å². The van der Waals surface area contributed by atoms with Crippen molar-refractivity contribution in [3.05, 3.63) is 97.8 Å². The summed E-state index contributed by atoms with van der Waals surface area (Å²) in [7, 11) is 0. The summed E-state index contributed by atoms with van der Waals surface area (Å²) in [5, 5.41) is 15.0. The standard InChI is InChI=1S/C24H21BrFN3O5/c1-2-33-22-12-17(11-20(25)24(22)34-15-16-7-9-19(26)10-8-16)14-27-28-23(30)13-18-5-3-4-6-21(18)29(31)32/h3-12,14H,2,13,15H2,1H3,(H,28,30)/b27-14+. The van der Waals surface area contributed by atoms with Crippen LogP contribution in [-0.4, -0.2) is 23.7 Å². The normalized spacial score (nSPS) is 10.8. The fourth-order valence-electron chi connectivity index (χ4n) is 3.03. The van der Waals surface area contributed by atoms with Gasteiger partial charge in [0.1, 0.15) is 12.4 Å².